The second-order valence-electron chi connectivity index (χ2n) is 12.1. The zero-order chi connectivity index (χ0) is 22.9. The summed E-state index contributed by atoms with van der Waals surface area (Å²) in [4.78, 5) is 10.1. The normalized spacial score (nSPS) is 42.1. The van der Waals surface area contributed by atoms with Gasteiger partial charge in [0, 0.05) is 57.1 Å². The monoisotopic (exact) mass is 457 g/mol. The predicted octanol–water partition coefficient (Wildman–Crippen LogP) is 4.03. The minimum Gasteiger partial charge on any atom is -0.393 e. The average molecular weight is 458 g/mol. The van der Waals surface area contributed by atoms with Gasteiger partial charge in [-0.25, -0.2) is 4.58 Å². The van der Waals surface area contributed by atoms with E-state index < -0.39 is 0 Å². The number of hydrogen-bond acceptors (Lipinski definition) is 4. The quantitative estimate of drug-likeness (QED) is 0.587. The number of aliphatic hydroxyl groups excluding tert-OH is 1. The summed E-state index contributed by atoms with van der Waals surface area (Å²) in [6, 6.07) is 1.41. The molecule has 4 aliphatic heterocycles. The van der Waals surface area contributed by atoms with Crippen LogP contribution in [0.2, 0.25) is 0 Å². The van der Waals surface area contributed by atoms with Gasteiger partial charge < -0.3 is 10.0 Å². The smallest absolute Gasteiger partial charge is 0.159 e. The van der Waals surface area contributed by atoms with Gasteiger partial charge in [-0.3, -0.25) is 9.89 Å². The molecule has 8 unspecified atom stereocenters. The van der Waals surface area contributed by atoms with Gasteiger partial charge >= 0.3 is 0 Å². The van der Waals surface area contributed by atoms with Crippen molar-refractivity contribution >= 4 is 11.9 Å². The van der Waals surface area contributed by atoms with Crippen molar-refractivity contribution in [1.82, 2.24) is 9.80 Å². The van der Waals surface area contributed by atoms with Gasteiger partial charge in [0.15, 0.2) is 17.8 Å². The maximum absolute atomic E-state index is 10.7. The highest BCUT2D eigenvalue weighted by Gasteiger charge is 2.56. The maximum atomic E-state index is 10.7. The van der Waals surface area contributed by atoms with Crippen molar-refractivity contribution in [3.8, 4) is 0 Å². The minimum atomic E-state index is -0.0763. The van der Waals surface area contributed by atoms with Crippen LogP contribution in [0.4, 0.5) is 0 Å². The molecule has 0 aromatic rings. The third-order valence-corrected chi connectivity index (χ3v) is 9.89. The lowest BCUT2D eigenvalue weighted by atomic mass is 9.70. The highest BCUT2D eigenvalue weighted by Crippen LogP contribution is 2.46. The molecule has 1 N–H and O–H groups in total. The Labute approximate surface area is 202 Å². The molecule has 2 fully saturated rings. The van der Waals surface area contributed by atoms with Crippen LogP contribution in [0.25, 0.3) is 0 Å². The summed E-state index contributed by atoms with van der Waals surface area (Å²) < 4.78 is 2.91. The zero-order valence-corrected chi connectivity index (χ0v) is 21.5. The van der Waals surface area contributed by atoms with Crippen LogP contribution in [0.1, 0.15) is 85.0 Å². The molecule has 1 aliphatic carbocycles. The first-order valence-electron chi connectivity index (χ1n) is 14.4. The van der Waals surface area contributed by atoms with Crippen LogP contribution < -0.4 is 0 Å². The second-order valence-corrected chi connectivity index (χ2v) is 12.1. The topological polar surface area (TPSA) is 42.1 Å². The van der Waals surface area contributed by atoms with Gasteiger partial charge in [0.2, 0.25) is 0 Å². The molecular formula is C28H49N4O+. The summed E-state index contributed by atoms with van der Waals surface area (Å²) in [6.45, 7) is 13.2. The molecule has 1 saturated heterocycles. The fraction of sp³-hybridized carbons (Fsp3) is 0.929. The molecule has 186 valence electrons. The Hall–Kier alpha value is -0.780. The fourth-order valence-electron chi connectivity index (χ4n) is 8.08. The third kappa shape index (κ3) is 4.97. The molecule has 0 amide bonds. The molecule has 5 heteroatoms. The molecule has 0 aromatic carbocycles. The van der Waals surface area contributed by atoms with E-state index in [0.717, 1.165) is 37.1 Å². The summed E-state index contributed by atoms with van der Waals surface area (Å²) >= 11 is 0. The second kappa shape index (κ2) is 10.5. The summed E-state index contributed by atoms with van der Waals surface area (Å²) in [6.07, 6.45) is 14.9. The molecule has 0 bridgehead atoms. The Kier molecular flexibility index (Phi) is 7.58. The van der Waals surface area contributed by atoms with Crippen molar-refractivity contribution in [3.63, 3.8) is 0 Å². The molecule has 5 rings (SSSR count). The first-order chi connectivity index (χ1) is 16.0. The zero-order valence-electron chi connectivity index (χ0n) is 21.5. The first kappa shape index (κ1) is 23.9. The van der Waals surface area contributed by atoms with Crippen molar-refractivity contribution in [2.45, 2.75) is 109 Å². The fourth-order valence-corrected chi connectivity index (χ4v) is 8.08. The molecule has 0 aromatic heterocycles. The Balaban J connectivity index is 1.19. The largest absolute Gasteiger partial charge is 0.393 e. The van der Waals surface area contributed by atoms with Crippen LogP contribution in [0, 0.1) is 23.7 Å². The van der Waals surface area contributed by atoms with Gasteiger partial charge in [0.1, 0.15) is 6.17 Å². The Morgan fingerprint density at radius 3 is 2.64 bits per heavy atom. The van der Waals surface area contributed by atoms with Gasteiger partial charge in [0.05, 0.1) is 12.0 Å². The number of rotatable bonds is 7. The number of unbranched alkanes of at least 4 members (excludes halogenated alkanes) is 1. The van der Waals surface area contributed by atoms with Crippen LogP contribution in [0.5, 0.6) is 0 Å². The van der Waals surface area contributed by atoms with Gasteiger partial charge in [0.25, 0.3) is 0 Å². The number of piperazine rings is 1. The van der Waals surface area contributed by atoms with E-state index in [-0.39, 0.29) is 6.10 Å². The molecule has 0 spiro atoms. The minimum absolute atomic E-state index is 0.0763. The van der Waals surface area contributed by atoms with E-state index in [0.29, 0.717) is 24.0 Å². The lowest BCUT2D eigenvalue weighted by Gasteiger charge is -2.40. The van der Waals surface area contributed by atoms with E-state index in [4.69, 9.17) is 4.99 Å². The van der Waals surface area contributed by atoms with Crippen molar-refractivity contribution in [3.05, 3.63) is 0 Å². The molecule has 8 atom stereocenters. The van der Waals surface area contributed by atoms with E-state index in [2.05, 4.69) is 41.4 Å². The molecule has 0 radical (unpaired) electrons. The van der Waals surface area contributed by atoms with Crippen LogP contribution in [-0.2, 0) is 0 Å². The van der Waals surface area contributed by atoms with Crippen LogP contribution >= 0.6 is 0 Å². The molecule has 4 heterocycles. The highest BCUT2D eigenvalue weighted by molar-refractivity contribution is 5.87. The van der Waals surface area contributed by atoms with Gasteiger partial charge in [-0.15, -0.1) is 0 Å². The van der Waals surface area contributed by atoms with Gasteiger partial charge in [-0.1, -0.05) is 20.3 Å². The lowest BCUT2D eigenvalue weighted by Crippen LogP contribution is -2.51. The van der Waals surface area contributed by atoms with Gasteiger partial charge in [-0.2, -0.15) is 0 Å². The molecule has 33 heavy (non-hydrogen) atoms. The SMILES string of the molecule is CCCCC1CCC2CC(O)CC3C2=[N+]1C(C)C3CCN1CCN(C2CC(C)CC=N2)CC1. The Morgan fingerprint density at radius 2 is 1.88 bits per heavy atom. The molecule has 5 nitrogen and oxygen atoms in total. The van der Waals surface area contributed by atoms with E-state index in [1.165, 1.54) is 77.7 Å². The Bertz CT molecular complexity index is 727. The van der Waals surface area contributed by atoms with E-state index in [1.807, 2.05) is 0 Å². The van der Waals surface area contributed by atoms with Crippen molar-refractivity contribution in [2.75, 3.05) is 32.7 Å². The average Bonchev–Trinajstić information content (AvgIpc) is 3.10. The summed E-state index contributed by atoms with van der Waals surface area (Å²) in [5.41, 5.74) is 1.78. The van der Waals surface area contributed by atoms with Crippen LogP contribution in [-0.4, -0.2) is 88.5 Å². The number of nitrogens with zero attached hydrogens (tertiary/aromatic N) is 4. The standard InChI is InChI=1S/C28H49N4O/c1-4-5-6-23-8-7-22-18-24(33)19-26-25(21(3)32(23)28(22)26)10-12-30-13-15-31(16-14-30)27-17-20(2)9-11-29-27/h11,20-27,33H,4-10,12-19H2,1-3H3/q+1. The number of aliphatic hydroxyl groups is 1. The third-order valence-electron chi connectivity index (χ3n) is 9.89. The Morgan fingerprint density at radius 1 is 1.06 bits per heavy atom. The molecule has 1 saturated carbocycles. The van der Waals surface area contributed by atoms with Crippen molar-refractivity contribution < 1.29 is 9.68 Å². The predicted molar refractivity (Wildman–Crippen MR) is 136 cm³/mol. The maximum Gasteiger partial charge on any atom is 0.159 e. The summed E-state index contributed by atoms with van der Waals surface area (Å²) in [5, 5.41) is 10.7. The molecular weight excluding hydrogens is 408 g/mol. The van der Waals surface area contributed by atoms with E-state index >= 15 is 0 Å². The molecule has 5 aliphatic rings. The van der Waals surface area contributed by atoms with Crippen LogP contribution in [0.3, 0.4) is 0 Å². The highest BCUT2D eigenvalue weighted by atomic mass is 16.3. The first-order valence-corrected chi connectivity index (χ1v) is 14.4. The van der Waals surface area contributed by atoms with E-state index in [1.54, 1.807) is 5.71 Å². The lowest BCUT2D eigenvalue weighted by molar-refractivity contribution is -0.603. The summed E-state index contributed by atoms with van der Waals surface area (Å²) in [7, 11) is 0. The summed E-state index contributed by atoms with van der Waals surface area (Å²) in [5.74, 6) is 2.80. The van der Waals surface area contributed by atoms with Crippen LogP contribution in [0.15, 0.2) is 4.99 Å². The number of hydrogen-bond donors (Lipinski definition) is 1. The van der Waals surface area contributed by atoms with Crippen molar-refractivity contribution in [2.24, 2.45) is 28.7 Å². The van der Waals surface area contributed by atoms with Crippen molar-refractivity contribution in [1.29, 1.82) is 0 Å². The van der Waals surface area contributed by atoms with Gasteiger partial charge in [-0.05, 0) is 64.3 Å². The number of aliphatic imine (C=N–C) groups is 1. The van der Waals surface area contributed by atoms with E-state index in [9.17, 15) is 5.11 Å².